The number of amides is 2. The minimum Gasteiger partial charge on any atom is -0.496 e. The lowest BCUT2D eigenvalue weighted by molar-refractivity contribution is -0.162. The zero-order valence-electron chi connectivity index (χ0n) is 21.7. The zero-order valence-corrected chi connectivity index (χ0v) is 21.7. The Kier molecular flexibility index (Phi) is 5.61. The van der Waals surface area contributed by atoms with Gasteiger partial charge in [0.2, 0.25) is 0 Å². The number of anilines is 2. The summed E-state index contributed by atoms with van der Waals surface area (Å²) >= 11 is 0. The number of aromatic nitrogens is 4. The van der Waals surface area contributed by atoms with Crippen molar-refractivity contribution >= 4 is 28.8 Å². The fraction of sp³-hybridized carbons (Fsp3) is 0.250. The molecule has 204 valence electrons. The third-order valence-electron chi connectivity index (χ3n) is 7.53. The summed E-state index contributed by atoms with van der Waals surface area (Å²) in [6, 6.07) is 10.1. The minimum atomic E-state index is -1.12. The number of aryl methyl sites for hydroxylation is 1. The number of nitrogens with two attached hydrogens (primary N) is 1. The maximum Gasteiger partial charge on any atom is 0.283 e. The first-order valence-electron chi connectivity index (χ1n) is 12.5. The van der Waals surface area contributed by atoms with Gasteiger partial charge in [0.25, 0.3) is 11.8 Å². The molecule has 0 aliphatic heterocycles. The van der Waals surface area contributed by atoms with Gasteiger partial charge in [-0.05, 0) is 36.2 Å². The molecular formula is C28H25F2N7O3. The second kappa shape index (κ2) is 8.83. The van der Waals surface area contributed by atoms with Crippen molar-refractivity contribution in [2.45, 2.75) is 37.4 Å². The van der Waals surface area contributed by atoms with Crippen molar-refractivity contribution < 1.29 is 23.1 Å². The molecule has 2 bridgehead atoms. The summed E-state index contributed by atoms with van der Waals surface area (Å²) in [5, 5.41) is 14.3. The van der Waals surface area contributed by atoms with E-state index in [1.54, 1.807) is 24.3 Å². The van der Waals surface area contributed by atoms with Crippen LogP contribution in [0.3, 0.4) is 0 Å². The number of hydrogen-bond donors (Lipinski definition) is 3. The molecule has 0 radical (unpaired) electrons. The zero-order chi connectivity index (χ0) is 28.4. The van der Waals surface area contributed by atoms with Crippen LogP contribution < -0.4 is 21.1 Å². The van der Waals surface area contributed by atoms with Crippen LogP contribution in [0.4, 0.5) is 20.3 Å². The lowest BCUT2D eigenvalue weighted by Crippen LogP contribution is -2.76. The van der Waals surface area contributed by atoms with Gasteiger partial charge in [-0.25, -0.2) is 13.8 Å². The minimum absolute atomic E-state index is 0.191. The van der Waals surface area contributed by atoms with Crippen LogP contribution in [-0.2, 0) is 4.79 Å². The van der Waals surface area contributed by atoms with Gasteiger partial charge >= 0.3 is 0 Å². The van der Waals surface area contributed by atoms with E-state index in [-0.39, 0.29) is 11.7 Å². The first-order chi connectivity index (χ1) is 19.0. The highest BCUT2D eigenvalue weighted by Gasteiger charge is 2.69. The van der Waals surface area contributed by atoms with E-state index in [0.29, 0.717) is 69.7 Å². The molecule has 4 N–H and O–H groups in total. The Morgan fingerprint density at radius 2 is 1.93 bits per heavy atom. The lowest BCUT2D eigenvalue weighted by Gasteiger charge is -2.65. The van der Waals surface area contributed by atoms with Crippen molar-refractivity contribution in [2.75, 3.05) is 18.2 Å². The number of carbonyl (C=O) groups is 2. The molecule has 4 aromatic rings. The molecular weight excluding hydrogens is 520 g/mol. The summed E-state index contributed by atoms with van der Waals surface area (Å²) in [5.41, 5.74) is 8.93. The van der Waals surface area contributed by atoms with Crippen LogP contribution in [-0.4, -0.2) is 49.9 Å². The van der Waals surface area contributed by atoms with Crippen molar-refractivity contribution in [3.05, 3.63) is 66.3 Å². The Hall–Kier alpha value is -4.87. The van der Waals surface area contributed by atoms with Gasteiger partial charge in [-0.3, -0.25) is 9.59 Å². The maximum absolute atomic E-state index is 13.9. The number of ether oxygens (including phenoxy) is 1. The van der Waals surface area contributed by atoms with Gasteiger partial charge < -0.3 is 21.1 Å². The predicted molar refractivity (Wildman–Crippen MR) is 144 cm³/mol. The predicted octanol–water partition coefficient (Wildman–Crippen LogP) is 4.15. The molecule has 0 saturated heterocycles. The summed E-state index contributed by atoms with van der Waals surface area (Å²) in [6.45, 7) is 4.82. The van der Waals surface area contributed by atoms with E-state index in [9.17, 15) is 18.4 Å². The van der Waals surface area contributed by atoms with Gasteiger partial charge in [-0.15, -0.1) is 14.8 Å². The summed E-state index contributed by atoms with van der Waals surface area (Å²) in [5.74, 6) is -1.80. The maximum atomic E-state index is 13.9. The molecule has 2 amide bonds. The Bertz CT molecular complexity index is 1730. The number of benzene rings is 2. The first-order valence-corrected chi connectivity index (χ1v) is 12.5. The largest absolute Gasteiger partial charge is 0.496 e. The van der Waals surface area contributed by atoms with E-state index in [0.717, 1.165) is 0 Å². The number of nitrogen functional groups attached to an aromatic ring is 1. The number of rotatable bonds is 7. The first kappa shape index (κ1) is 25.4. The van der Waals surface area contributed by atoms with E-state index in [2.05, 4.69) is 32.4 Å². The van der Waals surface area contributed by atoms with Crippen LogP contribution in [0.1, 0.15) is 35.2 Å². The third kappa shape index (κ3) is 4.03. The molecule has 12 heteroatoms. The van der Waals surface area contributed by atoms with Crippen molar-refractivity contribution in [1.29, 1.82) is 0 Å². The molecule has 2 aromatic carbocycles. The van der Waals surface area contributed by atoms with Crippen molar-refractivity contribution in [3.8, 4) is 28.1 Å². The van der Waals surface area contributed by atoms with E-state index in [1.807, 2.05) is 13.0 Å². The normalized spacial score (nSPS) is 20.8. The van der Waals surface area contributed by atoms with E-state index in [1.165, 1.54) is 24.1 Å². The highest BCUT2D eigenvalue weighted by atomic mass is 19.1. The number of nitrogens with zero attached hydrogens (tertiary/aromatic N) is 4. The fourth-order valence-electron chi connectivity index (χ4n) is 5.72. The summed E-state index contributed by atoms with van der Waals surface area (Å²) in [4.78, 5) is 28.9. The number of methoxy groups -OCH3 is 1. The summed E-state index contributed by atoms with van der Waals surface area (Å²) in [7, 11) is 1.45. The lowest BCUT2D eigenvalue weighted by atomic mass is 9.47. The van der Waals surface area contributed by atoms with Gasteiger partial charge in [-0.1, -0.05) is 18.7 Å². The van der Waals surface area contributed by atoms with Gasteiger partial charge in [0.15, 0.2) is 11.6 Å². The molecule has 10 nitrogen and oxygen atoms in total. The highest BCUT2D eigenvalue weighted by Crippen LogP contribution is 2.63. The Labute approximate surface area is 227 Å². The molecule has 2 heterocycles. The van der Waals surface area contributed by atoms with Crippen molar-refractivity contribution in [3.63, 3.8) is 0 Å². The average Bonchev–Trinajstić information content (AvgIpc) is 3.27. The van der Waals surface area contributed by atoms with Crippen molar-refractivity contribution in [2.24, 2.45) is 0 Å². The van der Waals surface area contributed by atoms with Crippen LogP contribution in [0.25, 0.3) is 27.9 Å². The van der Waals surface area contributed by atoms with E-state index < -0.39 is 22.9 Å². The molecule has 3 aliphatic rings. The molecule has 3 saturated carbocycles. The van der Waals surface area contributed by atoms with Crippen LogP contribution in [0.15, 0.2) is 55.1 Å². The van der Waals surface area contributed by atoms with Crippen LogP contribution >= 0.6 is 0 Å². The molecule has 2 aromatic heterocycles. The molecule has 0 spiro atoms. The summed E-state index contributed by atoms with van der Waals surface area (Å²) < 4.78 is 34.1. The number of alkyl halides is 1. The van der Waals surface area contributed by atoms with E-state index >= 15 is 0 Å². The van der Waals surface area contributed by atoms with Gasteiger partial charge in [0.1, 0.15) is 29.0 Å². The highest BCUT2D eigenvalue weighted by molar-refractivity contribution is 6.03. The van der Waals surface area contributed by atoms with Crippen LogP contribution in [0.2, 0.25) is 0 Å². The quantitative estimate of drug-likeness (QED) is 0.297. The van der Waals surface area contributed by atoms with Gasteiger partial charge in [0.05, 0.1) is 7.11 Å². The number of fused-ring (bicyclic) bond motifs is 1. The smallest absolute Gasteiger partial charge is 0.283 e. The summed E-state index contributed by atoms with van der Waals surface area (Å²) in [6.07, 6.45) is 2.37. The second-order valence-electron chi connectivity index (χ2n) is 10.4. The average molecular weight is 546 g/mol. The number of nitrogens with one attached hydrogen (secondary N) is 2. The molecule has 7 rings (SSSR count). The van der Waals surface area contributed by atoms with Crippen molar-refractivity contribution in [1.82, 2.24) is 25.1 Å². The number of carbonyl (C=O) groups excluding carboxylic acids is 2. The molecule has 0 unspecified atom stereocenters. The van der Waals surface area contributed by atoms with E-state index in [4.69, 9.17) is 10.5 Å². The second-order valence-corrected chi connectivity index (χ2v) is 10.4. The number of halogens is 2. The third-order valence-corrected chi connectivity index (χ3v) is 7.53. The Morgan fingerprint density at radius 3 is 2.58 bits per heavy atom. The number of hydrogen-bond acceptors (Lipinski definition) is 7. The van der Waals surface area contributed by atoms with Crippen LogP contribution in [0, 0.1) is 6.92 Å². The topological polar surface area (TPSA) is 137 Å². The standard InChI is InChI=1S/C28H25F2N7O3/c1-14-8-16(4-6-18(14)26(39)35-28-10-27(30,11-28)12-28)21-22(36-37-23(21)24(31)32-13-33-37)19-7-5-17(9-20(19)40-3)34-25(38)15(2)29/h4-9,13H,2,10-12H2,1,3H3,(H,34,38)(H,35,39)(H2,31,32,33). The molecule has 3 fully saturated rings. The molecule has 0 atom stereocenters. The van der Waals surface area contributed by atoms with Gasteiger partial charge in [0, 0.05) is 53.2 Å². The fourth-order valence-corrected chi connectivity index (χ4v) is 5.72. The Morgan fingerprint density at radius 1 is 1.18 bits per heavy atom. The van der Waals surface area contributed by atoms with Crippen LogP contribution in [0.5, 0.6) is 5.75 Å². The SMILES string of the molecule is C=C(F)C(=O)Nc1ccc(-c2nn3ncnc(N)c3c2-c2ccc(C(=O)NC34CC(F)(C3)C4)c(C)c2)c(OC)c1. The molecule has 3 aliphatic carbocycles. The Balaban J connectivity index is 1.42. The molecule has 40 heavy (non-hydrogen) atoms. The monoisotopic (exact) mass is 545 g/mol. The van der Waals surface area contributed by atoms with Gasteiger partial charge in [-0.2, -0.15) is 0 Å².